The van der Waals surface area contributed by atoms with Crippen LogP contribution in [0.4, 0.5) is 24.7 Å². The first-order chi connectivity index (χ1) is 13.4. The third kappa shape index (κ3) is 3.22. The molecular weight excluding hydrogens is 373 g/mol. The second-order valence-corrected chi connectivity index (χ2v) is 6.24. The molecular formula is C19H13F3N4O2. The molecule has 1 aliphatic rings. The second-order valence-electron chi connectivity index (χ2n) is 6.24. The zero-order valence-corrected chi connectivity index (χ0v) is 14.2. The largest absolute Gasteiger partial charge is 0.324 e. The van der Waals surface area contributed by atoms with Gasteiger partial charge in [0.15, 0.2) is 11.6 Å². The third-order valence-corrected chi connectivity index (χ3v) is 4.37. The van der Waals surface area contributed by atoms with Gasteiger partial charge in [-0.3, -0.25) is 9.59 Å². The van der Waals surface area contributed by atoms with Gasteiger partial charge in [-0.05, 0) is 29.8 Å². The Morgan fingerprint density at radius 1 is 1.11 bits per heavy atom. The van der Waals surface area contributed by atoms with Crippen LogP contribution in [0, 0.1) is 17.5 Å². The van der Waals surface area contributed by atoms with Gasteiger partial charge in [-0.1, -0.05) is 12.1 Å². The maximum Gasteiger partial charge on any atom is 0.249 e. The minimum Gasteiger partial charge on any atom is -0.324 e. The minimum atomic E-state index is -1.10. The number of anilines is 2. The van der Waals surface area contributed by atoms with Gasteiger partial charge in [0, 0.05) is 17.3 Å². The second kappa shape index (κ2) is 6.84. The molecule has 0 saturated carbocycles. The number of hydrogen-bond donors (Lipinski definition) is 2. The van der Waals surface area contributed by atoms with E-state index in [1.54, 1.807) is 0 Å². The van der Waals surface area contributed by atoms with E-state index < -0.39 is 35.3 Å². The Kier molecular flexibility index (Phi) is 4.34. The number of nitrogens with one attached hydrogen (secondary N) is 2. The van der Waals surface area contributed by atoms with E-state index in [0.717, 1.165) is 12.1 Å². The highest BCUT2D eigenvalue weighted by molar-refractivity contribution is 6.03. The summed E-state index contributed by atoms with van der Waals surface area (Å²) in [4.78, 5) is 24.8. The first kappa shape index (κ1) is 17.8. The number of amides is 2. The van der Waals surface area contributed by atoms with Crippen LogP contribution in [0.15, 0.2) is 48.7 Å². The Balaban J connectivity index is 1.65. The molecule has 2 amide bonds. The molecule has 2 heterocycles. The van der Waals surface area contributed by atoms with Gasteiger partial charge in [0.2, 0.25) is 11.8 Å². The predicted octanol–water partition coefficient (Wildman–Crippen LogP) is 3.49. The number of nitrogens with zero attached hydrogens (tertiary/aromatic N) is 2. The molecule has 0 saturated heterocycles. The molecule has 6 nitrogen and oxygen atoms in total. The lowest BCUT2D eigenvalue weighted by Crippen LogP contribution is -2.35. The molecule has 0 aliphatic carbocycles. The summed E-state index contributed by atoms with van der Waals surface area (Å²) in [5, 5.41) is 9.31. The third-order valence-electron chi connectivity index (χ3n) is 4.37. The van der Waals surface area contributed by atoms with Crippen molar-refractivity contribution in [1.29, 1.82) is 0 Å². The van der Waals surface area contributed by atoms with E-state index in [9.17, 15) is 22.8 Å². The summed E-state index contributed by atoms with van der Waals surface area (Å²) in [5.41, 5.74) is 1.20. The number of aromatic nitrogens is 2. The maximum absolute atomic E-state index is 13.4. The van der Waals surface area contributed by atoms with Crippen molar-refractivity contribution in [1.82, 2.24) is 9.78 Å². The lowest BCUT2D eigenvalue weighted by atomic mass is 10.1. The highest BCUT2D eigenvalue weighted by Gasteiger charge is 2.33. The summed E-state index contributed by atoms with van der Waals surface area (Å²) in [6, 6.07) is 7.59. The molecule has 0 fully saturated rings. The van der Waals surface area contributed by atoms with E-state index in [1.165, 1.54) is 41.2 Å². The summed E-state index contributed by atoms with van der Waals surface area (Å²) < 4.78 is 40.9. The molecule has 0 radical (unpaired) electrons. The number of carbonyl (C=O) groups is 2. The molecule has 4 rings (SSSR count). The van der Waals surface area contributed by atoms with E-state index in [1.807, 2.05) is 0 Å². The molecule has 0 bridgehead atoms. The van der Waals surface area contributed by atoms with Crippen LogP contribution < -0.4 is 10.6 Å². The molecule has 28 heavy (non-hydrogen) atoms. The first-order valence-electron chi connectivity index (χ1n) is 8.31. The fourth-order valence-corrected chi connectivity index (χ4v) is 3.01. The monoisotopic (exact) mass is 386 g/mol. The van der Waals surface area contributed by atoms with Crippen molar-refractivity contribution in [2.45, 2.75) is 12.5 Å². The van der Waals surface area contributed by atoms with Gasteiger partial charge >= 0.3 is 0 Å². The standard InChI is InChI=1S/C19H13F3N4O2/c20-11-3-1-10(2-4-11)13-9-23-26-16(8-17(27)25-18(13)26)19(28)24-12-5-6-14(21)15(22)7-12/h1-7,9,16H,8H2,(H,24,28)(H,25,27)/t16-/m1/s1. The minimum absolute atomic E-state index is 0.0577. The number of fused-ring (bicyclic) bond motifs is 1. The molecule has 2 aromatic carbocycles. The zero-order chi connectivity index (χ0) is 19.8. The molecule has 9 heteroatoms. The fourth-order valence-electron chi connectivity index (χ4n) is 3.01. The van der Waals surface area contributed by atoms with E-state index in [2.05, 4.69) is 15.7 Å². The first-order valence-corrected chi connectivity index (χ1v) is 8.31. The molecule has 3 aromatic rings. The van der Waals surface area contributed by atoms with Gasteiger partial charge in [0.1, 0.15) is 17.7 Å². The Morgan fingerprint density at radius 3 is 2.57 bits per heavy atom. The highest BCUT2D eigenvalue weighted by Crippen LogP contribution is 2.34. The molecule has 0 unspecified atom stereocenters. The van der Waals surface area contributed by atoms with Gasteiger partial charge in [0.25, 0.3) is 0 Å². The van der Waals surface area contributed by atoms with Gasteiger partial charge in [-0.15, -0.1) is 0 Å². The predicted molar refractivity (Wildman–Crippen MR) is 94.9 cm³/mol. The Hall–Kier alpha value is -3.62. The molecule has 1 aromatic heterocycles. The van der Waals surface area contributed by atoms with Crippen LogP contribution >= 0.6 is 0 Å². The average Bonchev–Trinajstić information content (AvgIpc) is 3.08. The molecule has 0 spiro atoms. The zero-order valence-electron chi connectivity index (χ0n) is 14.2. The number of halogens is 3. The molecule has 142 valence electrons. The van der Waals surface area contributed by atoms with Crippen LogP contribution in [-0.4, -0.2) is 21.6 Å². The maximum atomic E-state index is 13.4. The van der Waals surface area contributed by atoms with E-state index in [-0.39, 0.29) is 12.1 Å². The topological polar surface area (TPSA) is 76.0 Å². The van der Waals surface area contributed by atoms with Crippen LogP contribution in [0.2, 0.25) is 0 Å². The Morgan fingerprint density at radius 2 is 1.86 bits per heavy atom. The van der Waals surface area contributed by atoms with Crippen molar-refractivity contribution in [2.75, 3.05) is 10.6 Å². The molecule has 1 atom stereocenters. The summed E-state index contributed by atoms with van der Waals surface area (Å²) in [6.45, 7) is 0. The summed E-state index contributed by atoms with van der Waals surface area (Å²) in [5.74, 6) is -3.24. The average molecular weight is 386 g/mol. The quantitative estimate of drug-likeness (QED) is 0.724. The smallest absolute Gasteiger partial charge is 0.249 e. The number of benzene rings is 2. The van der Waals surface area contributed by atoms with Gasteiger partial charge < -0.3 is 10.6 Å². The SMILES string of the molecule is O=C1C[C@H](C(=O)Nc2ccc(F)c(F)c2)n2ncc(-c3ccc(F)cc3)c2N1. The Bertz CT molecular complexity index is 1080. The molecule has 2 N–H and O–H groups in total. The lowest BCUT2D eigenvalue weighted by molar-refractivity contribution is -0.125. The van der Waals surface area contributed by atoms with Gasteiger partial charge in [-0.25, -0.2) is 17.9 Å². The van der Waals surface area contributed by atoms with Crippen molar-refractivity contribution >= 4 is 23.3 Å². The summed E-state index contributed by atoms with van der Waals surface area (Å²) in [6.07, 6.45) is 1.29. The van der Waals surface area contributed by atoms with Gasteiger partial charge in [0.05, 0.1) is 12.6 Å². The van der Waals surface area contributed by atoms with Crippen LogP contribution in [0.5, 0.6) is 0 Å². The number of carbonyl (C=O) groups excluding carboxylic acids is 2. The van der Waals surface area contributed by atoms with Crippen LogP contribution in [0.25, 0.3) is 11.1 Å². The van der Waals surface area contributed by atoms with Gasteiger partial charge in [-0.2, -0.15) is 5.10 Å². The molecule has 1 aliphatic heterocycles. The summed E-state index contributed by atoms with van der Waals surface area (Å²) >= 11 is 0. The van der Waals surface area contributed by atoms with E-state index in [4.69, 9.17) is 0 Å². The van der Waals surface area contributed by atoms with Crippen LogP contribution in [0.1, 0.15) is 12.5 Å². The fraction of sp³-hybridized carbons (Fsp3) is 0.105. The van der Waals surface area contributed by atoms with Crippen LogP contribution in [0.3, 0.4) is 0 Å². The van der Waals surface area contributed by atoms with Crippen LogP contribution in [-0.2, 0) is 9.59 Å². The van der Waals surface area contributed by atoms with Crippen molar-refractivity contribution < 1.29 is 22.8 Å². The van der Waals surface area contributed by atoms with Crippen molar-refractivity contribution in [3.05, 3.63) is 66.1 Å². The lowest BCUT2D eigenvalue weighted by Gasteiger charge is -2.24. The Labute approximate surface area is 157 Å². The summed E-state index contributed by atoms with van der Waals surface area (Å²) in [7, 11) is 0. The number of hydrogen-bond acceptors (Lipinski definition) is 3. The van der Waals surface area contributed by atoms with Crippen molar-refractivity contribution in [3.63, 3.8) is 0 Å². The number of rotatable bonds is 3. The highest BCUT2D eigenvalue weighted by atomic mass is 19.2. The van der Waals surface area contributed by atoms with Crippen molar-refractivity contribution in [3.8, 4) is 11.1 Å². The normalized spacial score (nSPS) is 15.7. The van der Waals surface area contributed by atoms with E-state index >= 15 is 0 Å². The van der Waals surface area contributed by atoms with E-state index in [0.29, 0.717) is 16.9 Å². The van der Waals surface area contributed by atoms with Crippen molar-refractivity contribution in [2.24, 2.45) is 0 Å².